The van der Waals surface area contributed by atoms with E-state index < -0.39 is 0 Å². The average molecular weight is 414 g/mol. The highest BCUT2D eigenvalue weighted by molar-refractivity contribution is 7.98. The van der Waals surface area contributed by atoms with Gasteiger partial charge in [-0.2, -0.15) is 0 Å². The van der Waals surface area contributed by atoms with Gasteiger partial charge in [0.05, 0.1) is 5.69 Å². The zero-order chi connectivity index (χ0) is 21.1. The SMILES string of the molecule is Cc1ccc(CSc2nnc(-c3ccc(C)cc3)n2-c2ccccc2C(C)C)cc1. The van der Waals surface area contributed by atoms with Crippen LogP contribution in [-0.2, 0) is 5.75 Å². The van der Waals surface area contributed by atoms with E-state index in [0.29, 0.717) is 5.92 Å². The highest BCUT2D eigenvalue weighted by Gasteiger charge is 2.19. The largest absolute Gasteiger partial charge is 0.270 e. The van der Waals surface area contributed by atoms with Crippen molar-refractivity contribution in [3.63, 3.8) is 0 Å². The molecule has 0 bridgehead atoms. The van der Waals surface area contributed by atoms with Crippen LogP contribution >= 0.6 is 11.8 Å². The number of benzene rings is 3. The molecule has 0 aliphatic carbocycles. The number of thioether (sulfide) groups is 1. The van der Waals surface area contributed by atoms with Gasteiger partial charge in [-0.05, 0) is 37.0 Å². The third-order valence-corrected chi connectivity index (χ3v) is 6.23. The summed E-state index contributed by atoms with van der Waals surface area (Å²) in [5.41, 5.74) is 7.33. The summed E-state index contributed by atoms with van der Waals surface area (Å²) in [4.78, 5) is 0. The van der Waals surface area contributed by atoms with Crippen LogP contribution in [0.1, 0.15) is 42.0 Å². The molecule has 0 aliphatic rings. The molecule has 0 radical (unpaired) electrons. The molecule has 0 N–H and O–H groups in total. The number of hydrogen-bond donors (Lipinski definition) is 0. The van der Waals surface area contributed by atoms with Crippen LogP contribution in [0.15, 0.2) is 78.0 Å². The molecule has 0 amide bonds. The zero-order valence-electron chi connectivity index (χ0n) is 18.0. The Balaban J connectivity index is 1.79. The van der Waals surface area contributed by atoms with Gasteiger partial charge in [0.15, 0.2) is 11.0 Å². The lowest BCUT2D eigenvalue weighted by atomic mass is 10.0. The Morgan fingerprint density at radius 1 is 0.800 bits per heavy atom. The van der Waals surface area contributed by atoms with Gasteiger partial charge in [-0.1, -0.05) is 103 Å². The molecule has 0 saturated heterocycles. The van der Waals surface area contributed by atoms with Crippen LogP contribution in [0.25, 0.3) is 17.1 Å². The van der Waals surface area contributed by atoms with Crippen LogP contribution in [0.4, 0.5) is 0 Å². The molecule has 4 rings (SSSR count). The molecule has 0 saturated carbocycles. The molecule has 4 heteroatoms. The Hall–Kier alpha value is -2.85. The van der Waals surface area contributed by atoms with Crippen molar-refractivity contribution in [2.24, 2.45) is 0 Å². The summed E-state index contributed by atoms with van der Waals surface area (Å²) in [5.74, 6) is 2.15. The minimum atomic E-state index is 0.407. The lowest BCUT2D eigenvalue weighted by Crippen LogP contribution is -2.05. The van der Waals surface area contributed by atoms with E-state index in [0.717, 1.165) is 28.0 Å². The molecular formula is C26H27N3S. The maximum absolute atomic E-state index is 4.61. The van der Waals surface area contributed by atoms with Crippen molar-refractivity contribution in [2.75, 3.05) is 0 Å². The Bertz CT molecular complexity index is 1130. The highest BCUT2D eigenvalue weighted by atomic mass is 32.2. The Morgan fingerprint density at radius 3 is 2.10 bits per heavy atom. The van der Waals surface area contributed by atoms with Crippen molar-refractivity contribution in [1.29, 1.82) is 0 Å². The van der Waals surface area contributed by atoms with E-state index in [1.807, 2.05) is 0 Å². The van der Waals surface area contributed by atoms with Crippen molar-refractivity contribution < 1.29 is 0 Å². The lowest BCUT2D eigenvalue weighted by molar-refractivity contribution is 0.818. The normalized spacial score (nSPS) is 11.2. The Labute approximate surface area is 183 Å². The second kappa shape index (κ2) is 8.88. The fourth-order valence-corrected chi connectivity index (χ4v) is 4.38. The van der Waals surface area contributed by atoms with E-state index in [1.165, 1.54) is 22.3 Å². The van der Waals surface area contributed by atoms with E-state index in [4.69, 9.17) is 0 Å². The third-order valence-electron chi connectivity index (χ3n) is 5.23. The van der Waals surface area contributed by atoms with Gasteiger partial charge >= 0.3 is 0 Å². The topological polar surface area (TPSA) is 30.7 Å². The fraction of sp³-hybridized carbons (Fsp3) is 0.231. The number of aryl methyl sites for hydroxylation is 2. The quantitative estimate of drug-likeness (QED) is 0.320. The summed E-state index contributed by atoms with van der Waals surface area (Å²) in [5, 5.41) is 10.1. The molecule has 0 spiro atoms. The van der Waals surface area contributed by atoms with Crippen molar-refractivity contribution in [2.45, 2.75) is 44.5 Å². The summed E-state index contributed by atoms with van der Waals surface area (Å²) < 4.78 is 2.22. The molecule has 30 heavy (non-hydrogen) atoms. The molecule has 0 atom stereocenters. The zero-order valence-corrected chi connectivity index (χ0v) is 18.8. The Morgan fingerprint density at radius 2 is 1.43 bits per heavy atom. The number of para-hydroxylation sites is 1. The van der Waals surface area contributed by atoms with Gasteiger partial charge in [0.1, 0.15) is 0 Å². The summed E-state index contributed by atoms with van der Waals surface area (Å²) in [7, 11) is 0. The van der Waals surface area contributed by atoms with E-state index in [9.17, 15) is 0 Å². The molecule has 3 nitrogen and oxygen atoms in total. The van der Waals surface area contributed by atoms with Gasteiger partial charge in [0.2, 0.25) is 0 Å². The number of rotatable bonds is 6. The van der Waals surface area contributed by atoms with Crippen molar-refractivity contribution in [3.8, 4) is 17.1 Å². The summed E-state index contributed by atoms with van der Waals surface area (Å²) in [6.45, 7) is 8.68. The Kier molecular flexibility index (Phi) is 6.05. The minimum Gasteiger partial charge on any atom is -0.270 e. The lowest BCUT2D eigenvalue weighted by Gasteiger charge is -2.17. The van der Waals surface area contributed by atoms with E-state index in [2.05, 4.69) is 115 Å². The fourth-order valence-electron chi connectivity index (χ4n) is 3.48. The summed E-state index contributed by atoms with van der Waals surface area (Å²) >= 11 is 1.73. The smallest absolute Gasteiger partial charge is 0.196 e. The molecule has 1 heterocycles. The molecule has 152 valence electrons. The van der Waals surface area contributed by atoms with Crippen molar-refractivity contribution in [3.05, 3.63) is 95.1 Å². The van der Waals surface area contributed by atoms with Gasteiger partial charge in [-0.15, -0.1) is 10.2 Å². The predicted octanol–water partition coefficient (Wildman–Crippen LogP) is 6.97. The monoisotopic (exact) mass is 413 g/mol. The average Bonchev–Trinajstić information content (AvgIpc) is 3.17. The van der Waals surface area contributed by atoms with Crippen LogP contribution in [0, 0.1) is 13.8 Å². The summed E-state index contributed by atoms with van der Waals surface area (Å²) in [6, 6.07) is 25.8. The van der Waals surface area contributed by atoms with Crippen molar-refractivity contribution >= 4 is 11.8 Å². The first-order valence-electron chi connectivity index (χ1n) is 10.3. The van der Waals surface area contributed by atoms with Gasteiger partial charge in [0, 0.05) is 11.3 Å². The maximum Gasteiger partial charge on any atom is 0.196 e. The van der Waals surface area contributed by atoms with E-state index >= 15 is 0 Å². The maximum atomic E-state index is 4.61. The van der Waals surface area contributed by atoms with Crippen LogP contribution in [-0.4, -0.2) is 14.8 Å². The summed E-state index contributed by atoms with van der Waals surface area (Å²) in [6.07, 6.45) is 0. The third kappa shape index (κ3) is 4.34. The van der Waals surface area contributed by atoms with Crippen LogP contribution in [0.3, 0.4) is 0 Å². The number of nitrogens with zero attached hydrogens (tertiary/aromatic N) is 3. The molecule has 1 aromatic heterocycles. The first-order chi connectivity index (χ1) is 14.5. The second-order valence-corrected chi connectivity index (χ2v) is 8.94. The van der Waals surface area contributed by atoms with Crippen LogP contribution in [0.5, 0.6) is 0 Å². The first kappa shape index (κ1) is 20.4. The van der Waals surface area contributed by atoms with Gasteiger partial charge in [-0.25, -0.2) is 0 Å². The van der Waals surface area contributed by atoms with Crippen LogP contribution in [0.2, 0.25) is 0 Å². The molecule has 0 aliphatic heterocycles. The molecule has 4 aromatic rings. The van der Waals surface area contributed by atoms with Crippen molar-refractivity contribution in [1.82, 2.24) is 14.8 Å². The first-order valence-corrected chi connectivity index (χ1v) is 11.3. The van der Waals surface area contributed by atoms with Gasteiger partial charge in [-0.3, -0.25) is 4.57 Å². The van der Waals surface area contributed by atoms with E-state index in [-0.39, 0.29) is 0 Å². The molecule has 3 aromatic carbocycles. The molecule has 0 fully saturated rings. The second-order valence-electron chi connectivity index (χ2n) is 8.00. The molecule has 0 unspecified atom stereocenters. The standard InChI is InChI=1S/C26H27N3S/c1-18(2)23-7-5-6-8-24(23)29-25(22-15-11-20(4)12-16-22)27-28-26(29)30-17-21-13-9-19(3)10-14-21/h5-16,18H,17H2,1-4H3. The number of hydrogen-bond acceptors (Lipinski definition) is 3. The van der Waals surface area contributed by atoms with Gasteiger partial charge < -0.3 is 0 Å². The molecular weight excluding hydrogens is 386 g/mol. The number of aromatic nitrogens is 3. The predicted molar refractivity (Wildman–Crippen MR) is 126 cm³/mol. The van der Waals surface area contributed by atoms with E-state index in [1.54, 1.807) is 11.8 Å². The van der Waals surface area contributed by atoms with Gasteiger partial charge in [0.25, 0.3) is 0 Å². The minimum absolute atomic E-state index is 0.407. The van der Waals surface area contributed by atoms with Crippen LogP contribution < -0.4 is 0 Å². The highest BCUT2D eigenvalue weighted by Crippen LogP contribution is 2.33.